The van der Waals surface area contributed by atoms with Gasteiger partial charge in [0.05, 0.1) is 5.25 Å². The molecule has 0 radical (unpaired) electrons. The van der Waals surface area contributed by atoms with Crippen molar-refractivity contribution >= 4 is 23.4 Å². The van der Waals surface area contributed by atoms with E-state index in [2.05, 4.69) is 20.8 Å². The molecule has 2 aromatic rings. The molecule has 1 aromatic heterocycles. The maximum atomic E-state index is 12.5. The summed E-state index contributed by atoms with van der Waals surface area (Å²) in [4.78, 5) is 12.5. The lowest BCUT2D eigenvalue weighted by molar-refractivity contribution is -0.115. The molecular formula is C14H19N5OS. The number of carbonyl (C=O) groups is 1. The summed E-state index contributed by atoms with van der Waals surface area (Å²) in [5.74, 6) is -0.0251. The van der Waals surface area contributed by atoms with Gasteiger partial charge in [-0.05, 0) is 41.8 Å². The normalized spacial score (nSPS) is 12.2. The summed E-state index contributed by atoms with van der Waals surface area (Å²) in [7, 11) is 1.76. The predicted octanol–water partition coefficient (Wildman–Crippen LogP) is 2.34. The first-order chi connectivity index (χ1) is 10.0. The van der Waals surface area contributed by atoms with Crippen LogP contribution in [0.25, 0.3) is 0 Å². The van der Waals surface area contributed by atoms with Crippen LogP contribution in [0.15, 0.2) is 23.4 Å². The van der Waals surface area contributed by atoms with Crippen LogP contribution in [0.2, 0.25) is 0 Å². The zero-order valence-corrected chi connectivity index (χ0v) is 13.4. The molecule has 0 saturated heterocycles. The fourth-order valence-corrected chi connectivity index (χ4v) is 2.85. The van der Waals surface area contributed by atoms with Crippen molar-refractivity contribution in [2.75, 3.05) is 5.32 Å². The van der Waals surface area contributed by atoms with E-state index in [1.807, 2.05) is 39.0 Å². The van der Waals surface area contributed by atoms with Gasteiger partial charge in [-0.2, -0.15) is 0 Å². The van der Waals surface area contributed by atoms with Crippen molar-refractivity contribution in [3.63, 3.8) is 0 Å². The molecule has 1 N–H and O–H groups in total. The number of hydrogen-bond donors (Lipinski definition) is 1. The molecule has 0 aliphatic carbocycles. The molecule has 0 aliphatic heterocycles. The molecular weight excluding hydrogens is 286 g/mol. The molecule has 0 unspecified atom stereocenters. The van der Waals surface area contributed by atoms with Gasteiger partial charge in [0.1, 0.15) is 0 Å². The van der Waals surface area contributed by atoms with E-state index >= 15 is 0 Å². The Bertz CT molecular complexity index is 620. The summed E-state index contributed by atoms with van der Waals surface area (Å²) in [6, 6.07) is 5.96. The van der Waals surface area contributed by atoms with E-state index in [4.69, 9.17) is 0 Å². The van der Waals surface area contributed by atoms with Crippen LogP contribution in [0.5, 0.6) is 0 Å². The third kappa shape index (κ3) is 3.60. The Hall–Kier alpha value is -1.89. The second-order valence-electron chi connectivity index (χ2n) is 4.86. The number of para-hydroxylation sites is 1. The third-order valence-corrected chi connectivity index (χ3v) is 4.61. The Morgan fingerprint density at radius 1 is 1.38 bits per heavy atom. The lowest BCUT2D eigenvalue weighted by atomic mass is 10.1. The van der Waals surface area contributed by atoms with Gasteiger partial charge in [0.2, 0.25) is 11.1 Å². The monoisotopic (exact) mass is 305 g/mol. The average molecular weight is 305 g/mol. The van der Waals surface area contributed by atoms with Gasteiger partial charge < -0.3 is 5.32 Å². The molecule has 0 saturated carbocycles. The number of carbonyl (C=O) groups excluding carboxylic acids is 1. The van der Waals surface area contributed by atoms with Crippen molar-refractivity contribution < 1.29 is 4.79 Å². The Labute approximate surface area is 128 Å². The molecule has 1 amide bonds. The van der Waals surface area contributed by atoms with Gasteiger partial charge in [-0.1, -0.05) is 36.9 Å². The number of nitrogens with one attached hydrogen (secondary N) is 1. The number of hydrogen-bond acceptors (Lipinski definition) is 5. The quantitative estimate of drug-likeness (QED) is 0.858. The fourth-order valence-electron chi connectivity index (χ4n) is 1.99. The van der Waals surface area contributed by atoms with Crippen LogP contribution in [0, 0.1) is 13.8 Å². The topological polar surface area (TPSA) is 72.7 Å². The highest BCUT2D eigenvalue weighted by Gasteiger charge is 2.21. The minimum Gasteiger partial charge on any atom is -0.325 e. The van der Waals surface area contributed by atoms with E-state index in [9.17, 15) is 4.79 Å². The van der Waals surface area contributed by atoms with Crippen molar-refractivity contribution in [1.29, 1.82) is 0 Å². The van der Waals surface area contributed by atoms with Crippen LogP contribution >= 0.6 is 11.8 Å². The number of benzene rings is 1. The Balaban J connectivity index is 2.12. The SMILES string of the molecule is CC[C@@H](Sc1nnnn1C)C(=O)Nc1c(C)cccc1C. The smallest absolute Gasteiger partial charge is 0.237 e. The van der Waals surface area contributed by atoms with E-state index in [1.54, 1.807) is 11.7 Å². The van der Waals surface area contributed by atoms with Gasteiger partial charge in [0, 0.05) is 12.7 Å². The number of anilines is 1. The van der Waals surface area contributed by atoms with E-state index in [0.717, 1.165) is 16.8 Å². The van der Waals surface area contributed by atoms with Crippen molar-refractivity contribution in [3.05, 3.63) is 29.3 Å². The predicted molar refractivity (Wildman–Crippen MR) is 83.3 cm³/mol. The van der Waals surface area contributed by atoms with Gasteiger partial charge in [-0.15, -0.1) is 5.10 Å². The Morgan fingerprint density at radius 3 is 2.57 bits per heavy atom. The molecule has 2 rings (SSSR count). The van der Waals surface area contributed by atoms with E-state index in [1.165, 1.54) is 11.8 Å². The van der Waals surface area contributed by atoms with Crippen molar-refractivity contribution in [2.45, 2.75) is 37.6 Å². The van der Waals surface area contributed by atoms with Gasteiger partial charge in [0.25, 0.3) is 0 Å². The standard InChI is InChI=1S/C14H19N5OS/c1-5-11(21-14-16-17-18-19(14)4)13(20)15-12-9(2)7-6-8-10(12)3/h6-8,11H,5H2,1-4H3,(H,15,20)/t11-/m1/s1. The average Bonchev–Trinajstić information content (AvgIpc) is 2.85. The van der Waals surface area contributed by atoms with Gasteiger partial charge >= 0.3 is 0 Å². The van der Waals surface area contributed by atoms with Gasteiger partial charge in [0.15, 0.2) is 0 Å². The number of nitrogens with zero attached hydrogens (tertiary/aromatic N) is 4. The molecule has 1 atom stereocenters. The number of amides is 1. The van der Waals surface area contributed by atoms with Crippen LogP contribution in [0.3, 0.4) is 0 Å². The molecule has 1 aromatic carbocycles. The first-order valence-electron chi connectivity index (χ1n) is 6.79. The second-order valence-corrected chi connectivity index (χ2v) is 6.03. The molecule has 7 heteroatoms. The summed E-state index contributed by atoms with van der Waals surface area (Å²) in [6.45, 7) is 5.96. The van der Waals surface area contributed by atoms with E-state index in [0.29, 0.717) is 11.6 Å². The summed E-state index contributed by atoms with van der Waals surface area (Å²) in [6.07, 6.45) is 0.703. The molecule has 0 aliphatic rings. The zero-order chi connectivity index (χ0) is 15.4. The number of rotatable bonds is 5. The van der Waals surface area contributed by atoms with Crippen molar-refractivity contribution in [1.82, 2.24) is 20.2 Å². The number of aryl methyl sites for hydroxylation is 3. The summed E-state index contributed by atoms with van der Waals surface area (Å²) < 4.78 is 1.57. The highest BCUT2D eigenvalue weighted by Crippen LogP contribution is 2.25. The van der Waals surface area contributed by atoms with Gasteiger partial charge in [-0.25, -0.2) is 4.68 Å². The highest BCUT2D eigenvalue weighted by atomic mass is 32.2. The molecule has 112 valence electrons. The largest absolute Gasteiger partial charge is 0.325 e. The molecule has 21 heavy (non-hydrogen) atoms. The third-order valence-electron chi connectivity index (χ3n) is 3.22. The van der Waals surface area contributed by atoms with Crippen LogP contribution in [0.4, 0.5) is 5.69 Å². The minimum absolute atomic E-state index is 0.0251. The highest BCUT2D eigenvalue weighted by molar-refractivity contribution is 8.00. The second kappa shape index (κ2) is 6.71. The lowest BCUT2D eigenvalue weighted by Crippen LogP contribution is -2.25. The zero-order valence-electron chi connectivity index (χ0n) is 12.6. The van der Waals surface area contributed by atoms with Crippen LogP contribution in [-0.2, 0) is 11.8 Å². The van der Waals surface area contributed by atoms with Crippen molar-refractivity contribution in [2.24, 2.45) is 7.05 Å². The maximum Gasteiger partial charge on any atom is 0.237 e. The molecule has 6 nitrogen and oxygen atoms in total. The van der Waals surface area contributed by atoms with Crippen LogP contribution in [0.1, 0.15) is 24.5 Å². The molecule has 0 spiro atoms. The Morgan fingerprint density at radius 2 is 2.05 bits per heavy atom. The number of tetrazole rings is 1. The summed E-state index contributed by atoms with van der Waals surface area (Å²) in [5, 5.41) is 14.7. The molecule has 1 heterocycles. The summed E-state index contributed by atoms with van der Waals surface area (Å²) >= 11 is 1.38. The molecule has 0 bridgehead atoms. The molecule has 0 fully saturated rings. The van der Waals surface area contributed by atoms with Crippen molar-refractivity contribution in [3.8, 4) is 0 Å². The van der Waals surface area contributed by atoms with Crippen LogP contribution in [-0.4, -0.2) is 31.4 Å². The first-order valence-corrected chi connectivity index (χ1v) is 7.67. The van der Waals surface area contributed by atoms with Gasteiger partial charge in [-0.3, -0.25) is 4.79 Å². The van der Waals surface area contributed by atoms with Crippen LogP contribution < -0.4 is 5.32 Å². The number of aromatic nitrogens is 4. The first kappa shape index (κ1) is 15.5. The lowest BCUT2D eigenvalue weighted by Gasteiger charge is -2.16. The van der Waals surface area contributed by atoms with E-state index < -0.39 is 0 Å². The fraction of sp³-hybridized carbons (Fsp3) is 0.429. The Kier molecular flexibility index (Phi) is 4.95. The van der Waals surface area contributed by atoms with E-state index in [-0.39, 0.29) is 11.2 Å². The minimum atomic E-state index is -0.228. The maximum absolute atomic E-state index is 12.5. The number of thioether (sulfide) groups is 1. The summed E-state index contributed by atoms with van der Waals surface area (Å²) in [5.41, 5.74) is 3.00.